The van der Waals surface area contributed by atoms with Crippen LogP contribution in [0, 0.1) is 10.1 Å². The number of benzene rings is 2. The summed E-state index contributed by atoms with van der Waals surface area (Å²) in [5, 5.41) is 18.0. The average molecular weight is 594 g/mol. The third-order valence-corrected chi connectivity index (χ3v) is 7.01. The SMILES string of the molecule is O=C(CC1C(=O)N(c2ccc(Cl)cc2)C(=S)N1CCNc1ccc([N+](=O)[O-])cn1)Nc1ccc(Cl)c(Cl)c1. The molecule has 3 aromatic rings. The quantitative estimate of drug-likeness (QED) is 0.192. The number of halogens is 3. The zero-order valence-electron chi connectivity index (χ0n) is 19.4. The van der Waals surface area contributed by atoms with Gasteiger partial charge in [-0.15, -0.1) is 0 Å². The molecule has 2 N–H and O–H groups in total. The Balaban J connectivity index is 1.50. The van der Waals surface area contributed by atoms with Crippen LogP contribution in [0.5, 0.6) is 0 Å². The van der Waals surface area contributed by atoms with Crippen LogP contribution in [0.25, 0.3) is 0 Å². The van der Waals surface area contributed by atoms with E-state index in [0.29, 0.717) is 27.2 Å². The molecule has 1 aliphatic heterocycles. The van der Waals surface area contributed by atoms with Crippen LogP contribution in [0.15, 0.2) is 60.8 Å². The molecule has 1 saturated heterocycles. The van der Waals surface area contributed by atoms with Gasteiger partial charge in [-0.2, -0.15) is 0 Å². The number of carbonyl (C=O) groups is 2. The van der Waals surface area contributed by atoms with Crippen LogP contribution in [0.2, 0.25) is 15.1 Å². The lowest BCUT2D eigenvalue weighted by Crippen LogP contribution is -2.40. The molecule has 1 fully saturated rings. The normalized spacial score (nSPS) is 15.1. The van der Waals surface area contributed by atoms with Gasteiger partial charge in [0.25, 0.3) is 11.6 Å². The molecule has 2 heterocycles. The van der Waals surface area contributed by atoms with E-state index in [2.05, 4.69) is 15.6 Å². The minimum atomic E-state index is -0.882. The smallest absolute Gasteiger partial charge is 0.287 e. The third-order valence-electron chi connectivity index (χ3n) is 5.60. The van der Waals surface area contributed by atoms with Crippen LogP contribution in [0.1, 0.15) is 6.42 Å². The predicted octanol–water partition coefficient (Wildman–Crippen LogP) is 5.39. The minimum absolute atomic E-state index is 0.131. The molecule has 38 heavy (non-hydrogen) atoms. The van der Waals surface area contributed by atoms with Crippen molar-refractivity contribution in [1.29, 1.82) is 0 Å². The van der Waals surface area contributed by atoms with Crippen LogP contribution < -0.4 is 15.5 Å². The number of pyridine rings is 1. The van der Waals surface area contributed by atoms with E-state index in [9.17, 15) is 19.7 Å². The summed E-state index contributed by atoms with van der Waals surface area (Å²) in [7, 11) is 0. The minimum Gasteiger partial charge on any atom is -0.368 e. The van der Waals surface area contributed by atoms with Gasteiger partial charge in [0, 0.05) is 29.9 Å². The van der Waals surface area contributed by atoms with Gasteiger partial charge in [-0.05, 0) is 60.7 Å². The van der Waals surface area contributed by atoms with Gasteiger partial charge in [0.05, 0.1) is 27.1 Å². The highest BCUT2D eigenvalue weighted by Crippen LogP contribution is 2.29. The molecular weight excluding hydrogens is 575 g/mol. The number of rotatable bonds is 9. The molecule has 1 atom stereocenters. The van der Waals surface area contributed by atoms with Crippen molar-refractivity contribution < 1.29 is 14.5 Å². The van der Waals surface area contributed by atoms with Crippen molar-refractivity contribution in [3.63, 3.8) is 0 Å². The zero-order chi connectivity index (χ0) is 27.4. The summed E-state index contributed by atoms with van der Waals surface area (Å²) in [5.74, 6) is -0.372. The number of thiocarbonyl (C=S) groups is 1. The standard InChI is InChI=1S/C24H19Cl3N6O4S/c25-14-1-4-16(5-2-14)32-23(35)20(12-22(34)30-15-3-7-18(26)19(27)11-15)31(24(32)38)10-9-28-21-8-6-17(13-29-21)33(36)37/h1-8,11,13,20H,9-10,12H2,(H,28,29)(H,30,34). The highest BCUT2D eigenvalue weighted by molar-refractivity contribution is 7.80. The molecule has 1 aromatic heterocycles. The first-order valence-electron chi connectivity index (χ1n) is 11.1. The Morgan fingerprint density at radius 2 is 1.82 bits per heavy atom. The van der Waals surface area contributed by atoms with E-state index in [-0.39, 0.29) is 41.2 Å². The maximum absolute atomic E-state index is 13.5. The maximum Gasteiger partial charge on any atom is 0.287 e. The summed E-state index contributed by atoms with van der Waals surface area (Å²) >= 11 is 23.6. The predicted molar refractivity (Wildman–Crippen MR) is 151 cm³/mol. The van der Waals surface area contributed by atoms with E-state index in [4.69, 9.17) is 47.0 Å². The molecule has 10 nitrogen and oxygen atoms in total. The van der Waals surface area contributed by atoms with Crippen LogP contribution in [-0.4, -0.2) is 50.9 Å². The van der Waals surface area contributed by atoms with Crippen LogP contribution >= 0.6 is 47.0 Å². The lowest BCUT2D eigenvalue weighted by atomic mass is 10.1. The lowest BCUT2D eigenvalue weighted by Gasteiger charge is -2.24. The topological polar surface area (TPSA) is 121 Å². The molecule has 4 rings (SSSR count). The molecule has 1 unspecified atom stereocenters. The number of hydrogen-bond acceptors (Lipinski definition) is 7. The molecule has 14 heteroatoms. The molecule has 2 amide bonds. The second-order valence-electron chi connectivity index (χ2n) is 8.11. The zero-order valence-corrected chi connectivity index (χ0v) is 22.5. The van der Waals surface area contributed by atoms with Gasteiger partial charge in [-0.25, -0.2) is 4.98 Å². The number of aromatic nitrogens is 1. The molecular formula is C24H19Cl3N6O4S. The highest BCUT2D eigenvalue weighted by Gasteiger charge is 2.43. The second-order valence-corrected chi connectivity index (χ2v) is 9.72. The van der Waals surface area contributed by atoms with Crippen molar-refractivity contribution in [3.8, 4) is 0 Å². The Morgan fingerprint density at radius 1 is 1.08 bits per heavy atom. The number of nitrogens with one attached hydrogen (secondary N) is 2. The molecule has 196 valence electrons. The molecule has 0 saturated carbocycles. The number of nitro groups is 1. The van der Waals surface area contributed by atoms with Crippen molar-refractivity contribution in [2.24, 2.45) is 0 Å². The van der Waals surface area contributed by atoms with E-state index in [1.165, 1.54) is 23.1 Å². The van der Waals surface area contributed by atoms with E-state index >= 15 is 0 Å². The Hall–Kier alpha value is -3.51. The van der Waals surface area contributed by atoms with Crippen molar-refractivity contribution in [2.45, 2.75) is 12.5 Å². The summed E-state index contributed by atoms with van der Waals surface area (Å²) in [4.78, 5) is 43.7. The molecule has 0 bridgehead atoms. The van der Waals surface area contributed by atoms with Gasteiger partial charge < -0.3 is 15.5 Å². The Morgan fingerprint density at radius 3 is 2.45 bits per heavy atom. The fourth-order valence-electron chi connectivity index (χ4n) is 3.78. The largest absolute Gasteiger partial charge is 0.368 e. The summed E-state index contributed by atoms with van der Waals surface area (Å²) in [6.45, 7) is 0.537. The van der Waals surface area contributed by atoms with Crippen LogP contribution in [-0.2, 0) is 9.59 Å². The van der Waals surface area contributed by atoms with Gasteiger partial charge in [-0.1, -0.05) is 34.8 Å². The third kappa shape index (κ3) is 6.30. The summed E-state index contributed by atoms with van der Waals surface area (Å²) < 4.78 is 0. The van der Waals surface area contributed by atoms with Crippen molar-refractivity contribution in [3.05, 3.63) is 86.0 Å². The van der Waals surface area contributed by atoms with E-state index in [1.807, 2.05) is 0 Å². The number of nitrogens with zero attached hydrogens (tertiary/aromatic N) is 4. The van der Waals surface area contributed by atoms with Gasteiger partial charge in [-0.3, -0.25) is 24.6 Å². The number of anilines is 3. The second kappa shape index (κ2) is 11.9. The maximum atomic E-state index is 13.5. The highest BCUT2D eigenvalue weighted by atomic mass is 35.5. The van der Waals surface area contributed by atoms with Gasteiger partial charge in [0.15, 0.2) is 5.11 Å². The van der Waals surface area contributed by atoms with E-state index in [1.54, 1.807) is 41.3 Å². The Labute approximate surface area is 237 Å². The average Bonchev–Trinajstić information content (AvgIpc) is 3.11. The number of amides is 2. The molecule has 0 radical (unpaired) electrons. The molecule has 2 aromatic carbocycles. The van der Waals surface area contributed by atoms with Crippen LogP contribution in [0.3, 0.4) is 0 Å². The monoisotopic (exact) mass is 592 g/mol. The fraction of sp³-hybridized carbons (Fsp3) is 0.167. The molecule has 0 spiro atoms. The molecule has 1 aliphatic rings. The van der Waals surface area contributed by atoms with Crippen LogP contribution in [0.4, 0.5) is 22.9 Å². The van der Waals surface area contributed by atoms with Crippen molar-refractivity contribution >= 4 is 86.8 Å². The van der Waals surface area contributed by atoms with Crippen molar-refractivity contribution in [1.82, 2.24) is 9.88 Å². The fourth-order valence-corrected chi connectivity index (χ4v) is 4.62. The first-order valence-corrected chi connectivity index (χ1v) is 12.7. The first kappa shape index (κ1) is 27.5. The lowest BCUT2D eigenvalue weighted by molar-refractivity contribution is -0.385. The van der Waals surface area contributed by atoms with Gasteiger partial charge in [0.2, 0.25) is 5.91 Å². The summed E-state index contributed by atoms with van der Waals surface area (Å²) in [6.07, 6.45) is 0.962. The first-order chi connectivity index (χ1) is 18.1. The number of carbonyl (C=O) groups excluding carboxylic acids is 2. The summed E-state index contributed by atoms with van der Waals surface area (Å²) in [6, 6.07) is 13.2. The van der Waals surface area contributed by atoms with E-state index in [0.717, 1.165) is 6.20 Å². The summed E-state index contributed by atoms with van der Waals surface area (Å²) in [5.41, 5.74) is 0.824. The van der Waals surface area contributed by atoms with E-state index < -0.39 is 16.9 Å². The number of hydrogen-bond donors (Lipinski definition) is 2. The van der Waals surface area contributed by atoms with Crippen molar-refractivity contribution in [2.75, 3.05) is 28.6 Å². The molecule has 0 aliphatic carbocycles. The van der Waals surface area contributed by atoms with Gasteiger partial charge in [0.1, 0.15) is 18.1 Å². The Kier molecular flexibility index (Phi) is 8.62. The van der Waals surface area contributed by atoms with Gasteiger partial charge >= 0.3 is 0 Å². The Bertz CT molecular complexity index is 1390.